The standard InChI is InChI=1S/C10H9BrN2O3S2/c11-7-3-8(17-6-7)4-13-18(15,16)10-5-12-2-1-9(10)14/h1-3,5-6,13H,4H2,(H,12,14). The van der Waals surface area contributed by atoms with E-state index in [1.54, 1.807) is 0 Å². The van der Waals surface area contributed by atoms with E-state index in [0.717, 1.165) is 9.35 Å². The minimum atomic E-state index is -3.78. The molecule has 5 nitrogen and oxygen atoms in total. The Labute approximate surface area is 116 Å². The Hall–Kier alpha value is -0.960. The van der Waals surface area contributed by atoms with E-state index in [2.05, 4.69) is 25.6 Å². The van der Waals surface area contributed by atoms with Crippen LogP contribution in [-0.2, 0) is 16.6 Å². The molecule has 8 heteroatoms. The SMILES string of the molecule is O=c1cc[nH]cc1S(=O)(=O)NCc1cc(Br)cs1. The zero-order valence-electron chi connectivity index (χ0n) is 9.01. The Morgan fingerprint density at radius 3 is 2.83 bits per heavy atom. The van der Waals surface area contributed by atoms with Crippen molar-refractivity contribution < 1.29 is 8.42 Å². The molecule has 0 saturated heterocycles. The largest absolute Gasteiger partial charge is 0.366 e. The summed E-state index contributed by atoms with van der Waals surface area (Å²) >= 11 is 4.72. The number of hydrogen-bond acceptors (Lipinski definition) is 4. The molecular formula is C10H9BrN2O3S2. The number of nitrogens with one attached hydrogen (secondary N) is 2. The third-order valence-corrected chi connectivity index (χ3v) is 5.26. The quantitative estimate of drug-likeness (QED) is 0.882. The van der Waals surface area contributed by atoms with E-state index in [1.165, 1.54) is 29.8 Å². The van der Waals surface area contributed by atoms with Crippen molar-refractivity contribution in [1.82, 2.24) is 9.71 Å². The van der Waals surface area contributed by atoms with Crippen LogP contribution in [0.15, 0.2) is 44.1 Å². The molecular weight excluding hydrogens is 340 g/mol. The molecule has 0 aliphatic heterocycles. The van der Waals surface area contributed by atoms with E-state index in [0.29, 0.717) is 0 Å². The summed E-state index contributed by atoms with van der Waals surface area (Å²) in [6.45, 7) is 0.160. The van der Waals surface area contributed by atoms with Gasteiger partial charge in [0.25, 0.3) is 0 Å². The van der Waals surface area contributed by atoms with E-state index in [9.17, 15) is 13.2 Å². The molecule has 2 aromatic heterocycles. The molecule has 2 heterocycles. The van der Waals surface area contributed by atoms with Crippen LogP contribution in [0.25, 0.3) is 0 Å². The molecule has 0 aliphatic rings. The Morgan fingerprint density at radius 1 is 1.44 bits per heavy atom. The fourth-order valence-electron chi connectivity index (χ4n) is 1.30. The average Bonchev–Trinajstić information content (AvgIpc) is 2.73. The first-order valence-corrected chi connectivity index (χ1v) is 8.04. The Morgan fingerprint density at radius 2 is 2.22 bits per heavy atom. The van der Waals surface area contributed by atoms with E-state index in [-0.39, 0.29) is 11.4 Å². The minimum absolute atomic E-state index is 0.160. The number of aromatic nitrogens is 1. The van der Waals surface area contributed by atoms with Crippen molar-refractivity contribution in [2.45, 2.75) is 11.4 Å². The summed E-state index contributed by atoms with van der Waals surface area (Å²) in [5.74, 6) is 0. The molecule has 0 bridgehead atoms. The van der Waals surface area contributed by atoms with Crippen LogP contribution in [0.5, 0.6) is 0 Å². The smallest absolute Gasteiger partial charge is 0.246 e. The first-order valence-electron chi connectivity index (χ1n) is 4.89. The zero-order chi connectivity index (χ0) is 13.2. The molecule has 0 fully saturated rings. The van der Waals surface area contributed by atoms with Gasteiger partial charge in [0.05, 0.1) is 0 Å². The Kier molecular flexibility index (Phi) is 4.00. The molecule has 0 atom stereocenters. The van der Waals surface area contributed by atoms with Gasteiger partial charge in [-0.05, 0) is 22.0 Å². The summed E-state index contributed by atoms with van der Waals surface area (Å²) in [5.41, 5.74) is -0.534. The fraction of sp³-hybridized carbons (Fsp3) is 0.100. The number of rotatable bonds is 4. The molecule has 2 aromatic rings. The maximum atomic E-state index is 11.9. The van der Waals surface area contributed by atoms with Gasteiger partial charge in [-0.25, -0.2) is 13.1 Å². The van der Waals surface area contributed by atoms with Gasteiger partial charge in [0.15, 0.2) is 0 Å². The van der Waals surface area contributed by atoms with Gasteiger partial charge >= 0.3 is 0 Å². The highest BCUT2D eigenvalue weighted by Gasteiger charge is 2.17. The molecule has 0 aliphatic carbocycles. The van der Waals surface area contributed by atoms with Crippen molar-refractivity contribution >= 4 is 37.3 Å². The van der Waals surface area contributed by atoms with Gasteiger partial charge in [-0.2, -0.15) is 0 Å². The third kappa shape index (κ3) is 3.08. The van der Waals surface area contributed by atoms with Crippen molar-refractivity contribution in [1.29, 1.82) is 0 Å². The van der Waals surface area contributed by atoms with Crippen molar-refractivity contribution in [3.05, 3.63) is 49.5 Å². The molecule has 2 rings (SSSR count). The molecule has 0 saturated carbocycles. The summed E-state index contributed by atoms with van der Waals surface area (Å²) in [6.07, 6.45) is 2.56. The molecule has 0 unspecified atom stereocenters. The number of sulfonamides is 1. The van der Waals surface area contributed by atoms with Gasteiger partial charge in [0.1, 0.15) is 4.90 Å². The fourth-order valence-corrected chi connectivity index (χ4v) is 3.84. The van der Waals surface area contributed by atoms with Crippen molar-refractivity contribution in [3.63, 3.8) is 0 Å². The topological polar surface area (TPSA) is 79.0 Å². The zero-order valence-corrected chi connectivity index (χ0v) is 12.2. The molecule has 96 valence electrons. The van der Waals surface area contributed by atoms with E-state index in [1.807, 2.05) is 11.4 Å². The van der Waals surface area contributed by atoms with E-state index < -0.39 is 15.5 Å². The van der Waals surface area contributed by atoms with Crippen molar-refractivity contribution in [3.8, 4) is 0 Å². The monoisotopic (exact) mass is 348 g/mol. The minimum Gasteiger partial charge on any atom is -0.366 e. The van der Waals surface area contributed by atoms with Gasteiger partial charge in [-0.15, -0.1) is 11.3 Å². The summed E-state index contributed by atoms with van der Waals surface area (Å²) in [6, 6.07) is 3.00. The van der Waals surface area contributed by atoms with Crippen LogP contribution < -0.4 is 10.2 Å². The van der Waals surface area contributed by atoms with Gasteiger partial charge in [-0.3, -0.25) is 4.79 Å². The van der Waals surface area contributed by atoms with Gasteiger partial charge in [0.2, 0.25) is 15.5 Å². The van der Waals surface area contributed by atoms with Gasteiger partial charge < -0.3 is 4.98 Å². The second-order valence-electron chi connectivity index (χ2n) is 3.43. The summed E-state index contributed by atoms with van der Waals surface area (Å²) in [4.78, 5) is 14.6. The number of thiophene rings is 1. The van der Waals surface area contributed by atoms with Gasteiger partial charge in [0, 0.05) is 39.7 Å². The average molecular weight is 349 g/mol. The van der Waals surface area contributed by atoms with Crippen molar-refractivity contribution in [2.24, 2.45) is 0 Å². The van der Waals surface area contributed by atoms with Crippen LogP contribution in [0, 0.1) is 0 Å². The number of hydrogen-bond donors (Lipinski definition) is 2. The van der Waals surface area contributed by atoms with Crippen LogP contribution in [0.3, 0.4) is 0 Å². The third-order valence-electron chi connectivity index (χ3n) is 2.14. The number of H-pyrrole nitrogens is 1. The molecule has 0 radical (unpaired) electrons. The number of pyridine rings is 1. The van der Waals surface area contributed by atoms with Gasteiger partial charge in [-0.1, -0.05) is 0 Å². The van der Waals surface area contributed by atoms with Crippen LogP contribution >= 0.6 is 27.3 Å². The van der Waals surface area contributed by atoms with Crippen LogP contribution in [0.4, 0.5) is 0 Å². The molecule has 18 heavy (non-hydrogen) atoms. The highest BCUT2D eigenvalue weighted by molar-refractivity contribution is 9.10. The normalized spacial score (nSPS) is 11.6. The molecule has 0 aromatic carbocycles. The van der Waals surface area contributed by atoms with Crippen LogP contribution in [0.1, 0.15) is 4.88 Å². The second-order valence-corrected chi connectivity index (χ2v) is 7.08. The predicted octanol–water partition coefficient (Wildman–Crippen LogP) is 1.68. The Balaban J connectivity index is 2.18. The second kappa shape index (κ2) is 5.35. The predicted molar refractivity (Wildman–Crippen MR) is 73.1 cm³/mol. The highest BCUT2D eigenvalue weighted by Crippen LogP contribution is 2.19. The Bertz CT molecular complexity index is 706. The lowest BCUT2D eigenvalue weighted by molar-refractivity contribution is 0.580. The van der Waals surface area contributed by atoms with Crippen LogP contribution in [-0.4, -0.2) is 13.4 Å². The number of halogens is 1. The maximum Gasteiger partial charge on any atom is 0.246 e. The molecule has 2 N–H and O–H groups in total. The molecule has 0 amide bonds. The maximum absolute atomic E-state index is 11.9. The summed E-state index contributed by atoms with van der Waals surface area (Å²) in [5, 5.41) is 1.86. The lowest BCUT2D eigenvalue weighted by Crippen LogP contribution is -2.27. The lowest BCUT2D eigenvalue weighted by atomic mass is 10.5. The van der Waals surface area contributed by atoms with Crippen LogP contribution in [0.2, 0.25) is 0 Å². The van der Waals surface area contributed by atoms with Crippen molar-refractivity contribution in [2.75, 3.05) is 0 Å². The number of aromatic amines is 1. The highest BCUT2D eigenvalue weighted by atomic mass is 79.9. The summed E-state index contributed by atoms with van der Waals surface area (Å²) < 4.78 is 27.1. The van der Waals surface area contributed by atoms with E-state index >= 15 is 0 Å². The first-order chi connectivity index (χ1) is 8.49. The first kappa shape index (κ1) is 13.5. The molecule has 0 spiro atoms. The van der Waals surface area contributed by atoms with E-state index in [4.69, 9.17) is 0 Å². The lowest BCUT2D eigenvalue weighted by Gasteiger charge is -2.04. The summed E-state index contributed by atoms with van der Waals surface area (Å²) in [7, 11) is -3.78.